The largest absolute Gasteiger partial charge is 0.326 e. The van der Waals surface area contributed by atoms with Crippen molar-refractivity contribution in [2.24, 2.45) is 0 Å². The minimum Gasteiger partial charge on any atom is -0.326 e. The molecule has 1 heterocycles. The first kappa shape index (κ1) is 23.9. The van der Waals surface area contributed by atoms with Crippen LogP contribution in [0.2, 0.25) is 0 Å². The van der Waals surface area contributed by atoms with Gasteiger partial charge in [-0.25, -0.2) is 16.8 Å². The van der Waals surface area contributed by atoms with Gasteiger partial charge in [-0.15, -0.1) is 0 Å². The lowest BCUT2D eigenvalue weighted by Crippen LogP contribution is -2.35. The van der Waals surface area contributed by atoms with E-state index in [9.17, 15) is 21.6 Å². The molecule has 1 N–H and O–H groups in total. The Morgan fingerprint density at radius 1 is 0.788 bits per heavy atom. The molecular weight excluding hydrogens is 460 g/mol. The van der Waals surface area contributed by atoms with Crippen LogP contribution < -0.4 is 5.32 Å². The molecule has 2 fully saturated rings. The Balaban J connectivity index is 1.36. The van der Waals surface area contributed by atoms with Crippen molar-refractivity contribution in [2.45, 2.75) is 66.4 Å². The molecule has 2 aliphatic rings. The summed E-state index contributed by atoms with van der Waals surface area (Å²) in [5, 5.41) is 2.47. The average molecular weight is 491 g/mol. The second-order valence-electron chi connectivity index (χ2n) is 8.81. The second kappa shape index (κ2) is 9.95. The van der Waals surface area contributed by atoms with Crippen LogP contribution in [0, 0.1) is 0 Å². The van der Waals surface area contributed by atoms with E-state index in [1.165, 1.54) is 4.31 Å². The number of anilines is 1. The van der Waals surface area contributed by atoms with Crippen LogP contribution in [0.1, 0.15) is 50.5 Å². The third kappa shape index (κ3) is 5.47. The van der Waals surface area contributed by atoms with Gasteiger partial charge in [0.15, 0.2) is 9.84 Å². The van der Waals surface area contributed by atoms with Crippen LogP contribution >= 0.6 is 0 Å². The van der Waals surface area contributed by atoms with E-state index < -0.39 is 19.9 Å². The fraction of sp³-hybridized carbons (Fsp3) is 0.458. The lowest BCUT2D eigenvalue weighted by atomic mass is 10.1. The van der Waals surface area contributed by atoms with Gasteiger partial charge >= 0.3 is 0 Å². The van der Waals surface area contributed by atoms with Gasteiger partial charge in [0.1, 0.15) is 0 Å². The highest BCUT2D eigenvalue weighted by Crippen LogP contribution is 2.30. The molecule has 1 saturated heterocycles. The quantitative estimate of drug-likeness (QED) is 0.637. The molecule has 4 rings (SSSR count). The summed E-state index contributed by atoms with van der Waals surface area (Å²) in [4.78, 5) is 13.0. The molecule has 178 valence electrons. The van der Waals surface area contributed by atoms with Gasteiger partial charge in [0.2, 0.25) is 15.9 Å². The number of piperidine rings is 1. The Kier molecular flexibility index (Phi) is 7.21. The summed E-state index contributed by atoms with van der Waals surface area (Å²) in [6.45, 7) is 1.10. The van der Waals surface area contributed by atoms with Gasteiger partial charge in [-0.2, -0.15) is 4.31 Å². The van der Waals surface area contributed by atoms with E-state index in [0.29, 0.717) is 37.2 Å². The van der Waals surface area contributed by atoms with Crippen LogP contribution in [0.15, 0.2) is 58.3 Å². The maximum atomic E-state index is 12.7. The van der Waals surface area contributed by atoms with Gasteiger partial charge in [0, 0.05) is 18.8 Å². The number of benzene rings is 2. The molecular formula is C24H30N2O5S2. The third-order valence-corrected chi connectivity index (χ3v) is 10.6. The van der Waals surface area contributed by atoms with Gasteiger partial charge in [0.05, 0.1) is 21.5 Å². The molecule has 2 aromatic rings. The Morgan fingerprint density at radius 3 is 1.97 bits per heavy atom. The molecule has 7 nitrogen and oxygen atoms in total. The maximum absolute atomic E-state index is 12.7. The van der Waals surface area contributed by atoms with E-state index in [4.69, 9.17) is 0 Å². The highest BCUT2D eigenvalue weighted by atomic mass is 32.2. The van der Waals surface area contributed by atoms with Crippen LogP contribution in [-0.4, -0.2) is 45.4 Å². The Hall–Kier alpha value is -2.23. The summed E-state index contributed by atoms with van der Waals surface area (Å²) in [5.41, 5.74) is 1.22. The molecule has 1 amide bonds. The van der Waals surface area contributed by atoms with Crippen molar-refractivity contribution in [1.29, 1.82) is 0 Å². The molecule has 33 heavy (non-hydrogen) atoms. The van der Waals surface area contributed by atoms with Gasteiger partial charge in [-0.3, -0.25) is 4.79 Å². The SMILES string of the molecule is O=C(Cc1ccc(S(=O)(=O)N2CCCCC2)cc1)Nc1ccc(S(=O)(=O)C2CCCC2)cc1. The summed E-state index contributed by atoms with van der Waals surface area (Å²) in [5.74, 6) is -0.256. The number of rotatable bonds is 7. The average Bonchev–Trinajstić information content (AvgIpc) is 3.36. The predicted molar refractivity (Wildman–Crippen MR) is 127 cm³/mol. The van der Waals surface area contributed by atoms with E-state index in [1.54, 1.807) is 48.5 Å². The van der Waals surface area contributed by atoms with Crippen molar-refractivity contribution in [1.82, 2.24) is 4.31 Å². The van der Waals surface area contributed by atoms with Crippen molar-refractivity contribution in [3.63, 3.8) is 0 Å². The minimum absolute atomic E-state index is 0.0895. The zero-order chi connectivity index (χ0) is 23.5. The third-order valence-electron chi connectivity index (χ3n) is 6.45. The van der Waals surface area contributed by atoms with Crippen molar-refractivity contribution < 1.29 is 21.6 Å². The fourth-order valence-corrected chi connectivity index (χ4v) is 7.91. The molecule has 2 aromatic carbocycles. The number of hydrogen-bond acceptors (Lipinski definition) is 5. The molecule has 0 radical (unpaired) electrons. The molecule has 0 aromatic heterocycles. The molecule has 0 atom stereocenters. The summed E-state index contributed by atoms with van der Waals surface area (Å²) in [6, 6.07) is 12.7. The van der Waals surface area contributed by atoms with E-state index in [2.05, 4.69) is 5.32 Å². The van der Waals surface area contributed by atoms with E-state index >= 15 is 0 Å². The van der Waals surface area contributed by atoms with Crippen LogP contribution in [0.4, 0.5) is 5.69 Å². The molecule has 0 bridgehead atoms. The number of sulfone groups is 1. The standard InChI is InChI=1S/C24H30N2O5S2/c27-24(25-20-10-14-22(15-11-20)32(28,29)21-6-2-3-7-21)18-19-8-12-23(13-9-19)33(30,31)26-16-4-1-5-17-26/h8-15,21H,1-7,16-18H2,(H,25,27). The Morgan fingerprint density at radius 2 is 1.36 bits per heavy atom. The summed E-state index contributed by atoms with van der Waals surface area (Å²) >= 11 is 0. The first-order valence-corrected chi connectivity index (χ1v) is 14.5. The number of nitrogens with zero attached hydrogens (tertiary/aromatic N) is 1. The molecule has 1 saturated carbocycles. The topological polar surface area (TPSA) is 101 Å². The normalized spacial score (nSPS) is 18.3. The van der Waals surface area contributed by atoms with Crippen LogP contribution in [-0.2, 0) is 31.1 Å². The lowest BCUT2D eigenvalue weighted by molar-refractivity contribution is -0.115. The number of hydrogen-bond donors (Lipinski definition) is 1. The second-order valence-corrected chi connectivity index (χ2v) is 13.0. The molecule has 1 aliphatic heterocycles. The predicted octanol–water partition coefficient (Wildman–Crippen LogP) is 3.76. The molecule has 0 spiro atoms. The highest BCUT2D eigenvalue weighted by molar-refractivity contribution is 7.92. The highest BCUT2D eigenvalue weighted by Gasteiger charge is 2.30. The Bertz CT molecular complexity index is 1180. The van der Waals surface area contributed by atoms with Crippen LogP contribution in [0.25, 0.3) is 0 Å². The zero-order valence-electron chi connectivity index (χ0n) is 18.6. The first-order valence-electron chi connectivity index (χ1n) is 11.5. The number of amides is 1. The molecule has 1 aliphatic carbocycles. The fourth-order valence-electron chi connectivity index (χ4n) is 4.54. The number of nitrogens with one attached hydrogen (secondary N) is 1. The lowest BCUT2D eigenvalue weighted by Gasteiger charge is -2.25. The first-order chi connectivity index (χ1) is 15.8. The molecule has 0 unspecified atom stereocenters. The monoisotopic (exact) mass is 490 g/mol. The summed E-state index contributed by atoms with van der Waals surface area (Å²) in [6.07, 6.45) is 6.21. The van der Waals surface area contributed by atoms with Crippen molar-refractivity contribution in [2.75, 3.05) is 18.4 Å². The number of sulfonamides is 1. The van der Waals surface area contributed by atoms with Crippen LogP contribution in [0.5, 0.6) is 0 Å². The maximum Gasteiger partial charge on any atom is 0.243 e. The zero-order valence-corrected chi connectivity index (χ0v) is 20.2. The summed E-state index contributed by atoms with van der Waals surface area (Å²) in [7, 11) is -6.82. The van der Waals surface area contributed by atoms with Crippen molar-refractivity contribution in [3.05, 3.63) is 54.1 Å². The van der Waals surface area contributed by atoms with Gasteiger partial charge < -0.3 is 5.32 Å². The number of carbonyl (C=O) groups excluding carboxylic acids is 1. The smallest absolute Gasteiger partial charge is 0.243 e. The Labute approximate surface area is 196 Å². The van der Waals surface area contributed by atoms with Crippen molar-refractivity contribution in [3.8, 4) is 0 Å². The minimum atomic E-state index is -3.49. The van der Waals surface area contributed by atoms with Crippen LogP contribution in [0.3, 0.4) is 0 Å². The van der Waals surface area contributed by atoms with Gasteiger partial charge in [0.25, 0.3) is 0 Å². The van der Waals surface area contributed by atoms with E-state index in [1.807, 2.05) is 0 Å². The number of carbonyl (C=O) groups is 1. The van der Waals surface area contributed by atoms with Gasteiger partial charge in [-0.1, -0.05) is 31.4 Å². The van der Waals surface area contributed by atoms with E-state index in [0.717, 1.165) is 32.1 Å². The van der Waals surface area contributed by atoms with Gasteiger partial charge in [-0.05, 0) is 67.6 Å². The summed E-state index contributed by atoms with van der Waals surface area (Å²) < 4.78 is 52.4. The van der Waals surface area contributed by atoms with Crippen molar-refractivity contribution >= 4 is 31.5 Å². The van der Waals surface area contributed by atoms with E-state index in [-0.39, 0.29) is 27.4 Å². The molecule has 9 heteroatoms.